The smallest absolute Gasteiger partial charge is 0.334 e. The van der Waals surface area contributed by atoms with Crippen LogP contribution in [0.3, 0.4) is 0 Å². The molecule has 4 heteroatoms. The normalized spacial score (nSPS) is 40.6. The number of carbonyl (C=O) groups is 1. The monoisotopic (exact) mass is 334 g/mol. The fourth-order valence-electron chi connectivity index (χ4n) is 3.42. The molecular formula is C20H30O4. The van der Waals surface area contributed by atoms with Crippen molar-refractivity contribution in [3.63, 3.8) is 0 Å². The number of esters is 1. The first-order chi connectivity index (χ1) is 11.2. The molecule has 1 aliphatic heterocycles. The van der Waals surface area contributed by atoms with E-state index < -0.39 is 11.7 Å². The molecule has 2 rings (SSSR count). The Kier molecular flexibility index (Phi) is 6.05. The molecule has 1 heterocycles. The predicted molar refractivity (Wildman–Crippen MR) is 94.4 cm³/mol. The third-order valence-electron chi connectivity index (χ3n) is 5.32. The highest BCUT2D eigenvalue weighted by atomic mass is 16.5. The predicted octanol–water partition coefficient (Wildman–Crippen LogP) is 3.44. The summed E-state index contributed by atoms with van der Waals surface area (Å²) < 4.78 is 5.45. The van der Waals surface area contributed by atoms with E-state index in [1.165, 1.54) is 11.1 Å². The topological polar surface area (TPSA) is 66.8 Å². The van der Waals surface area contributed by atoms with Gasteiger partial charge in [0, 0.05) is 11.5 Å². The fourth-order valence-corrected chi connectivity index (χ4v) is 3.42. The maximum Gasteiger partial charge on any atom is 0.334 e. The minimum atomic E-state index is -1.18. The van der Waals surface area contributed by atoms with Crippen molar-refractivity contribution in [2.24, 2.45) is 5.92 Å². The largest absolute Gasteiger partial charge is 0.454 e. The van der Waals surface area contributed by atoms with Crippen molar-refractivity contribution in [3.8, 4) is 0 Å². The highest BCUT2D eigenvalue weighted by Gasteiger charge is 2.39. The number of ether oxygens (including phenoxy) is 1. The van der Waals surface area contributed by atoms with Gasteiger partial charge < -0.3 is 14.9 Å². The Morgan fingerprint density at radius 1 is 1.25 bits per heavy atom. The van der Waals surface area contributed by atoms with Gasteiger partial charge in [-0.3, -0.25) is 0 Å². The standard InChI is InChI=1S/C20H30O4/c1-13-6-5-7-14(2)12-17-16(15(3)19(22)24-17)10-11-20(4,23)18(21)9-8-13/h6,12,16-18,21,23H,3,5,7-11H2,1-2,4H3/b13-6+,14-12+/t16-,17-,18-,20+/m0/s1. The number of hydrogen-bond acceptors (Lipinski definition) is 4. The van der Waals surface area contributed by atoms with Crippen LogP contribution in [-0.4, -0.2) is 34.0 Å². The molecule has 2 aliphatic rings. The van der Waals surface area contributed by atoms with Crippen molar-refractivity contribution in [1.82, 2.24) is 0 Å². The molecule has 1 fully saturated rings. The third kappa shape index (κ3) is 4.58. The Balaban J connectivity index is 2.24. The van der Waals surface area contributed by atoms with E-state index in [1.54, 1.807) is 6.92 Å². The molecule has 0 saturated carbocycles. The average molecular weight is 334 g/mol. The van der Waals surface area contributed by atoms with E-state index in [2.05, 4.69) is 26.5 Å². The lowest BCUT2D eigenvalue weighted by Gasteiger charge is -2.31. The molecule has 1 aliphatic carbocycles. The Morgan fingerprint density at radius 2 is 1.96 bits per heavy atom. The highest BCUT2D eigenvalue weighted by molar-refractivity contribution is 5.91. The van der Waals surface area contributed by atoms with Gasteiger partial charge in [0.25, 0.3) is 0 Å². The molecule has 0 unspecified atom stereocenters. The molecule has 4 atom stereocenters. The zero-order chi connectivity index (χ0) is 17.9. The number of hydrogen-bond donors (Lipinski definition) is 2. The molecule has 134 valence electrons. The van der Waals surface area contributed by atoms with Crippen molar-refractivity contribution >= 4 is 5.97 Å². The van der Waals surface area contributed by atoms with E-state index in [0.29, 0.717) is 24.8 Å². The first-order valence-electron chi connectivity index (χ1n) is 8.84. The summed E-state index contributed by atoms with van der Waals surface area (Å²) >= 11 is 0. The van der Waals surface area contributed by atoms with Crippen LogP contribution in [-0.2, 0) is 9.53 Å². The lowest BCUT2D eigenvalue weighted by molar-refractivity contribution is -0.137. The first kappa shape index (κ1) is 18.9. The van der Waals surface area contributed by atoms with Crippen LogP contribution < -0.4 is 0 Å². The lowest BCUT2D eigenvalue weighted by Crippen LogP contribution is -2.40. The number of aliphatic hydroxyl groups excluding tert-OH is 1. The molecule has 0 bridgehead atoms. The number of aliphatic hydroxyl groups is 2. The highest BCUT2D eigenvalue weighted by Crippen LogP contribution is 2.35. The van der Waals surface area contributed by atoms with Gasteiger partial charge in [-0.1, -0.05) is 23.8 Å². The van der Waals surface area contributed by atoms with Crippen molar-refractivity contribution in [2.45, 2.75) is 77.1 Å². The third-order valence-corrected chi connectivity index (χ3v) is 5.32. The quantitative estimate of drug-likeness (QED) is 0.404. The van der Waals surface area contributed by atoms with E-state index in [0.717, 1.165) is 19.3 Å². The van der Waals surface area contributed by atoms with Crippen molar-refractivity contribution in [3.05, 3.63) is 35.5 Å². The summed E-state index contributed by atoms with van der Waals surface area (Å²) in [6, 6.07) is 0. The lowest BCUT2D eigenvalue weighted by atomic mass is 9.83. The van der Waals surface area contributed by atoms with Gasteiger partial charge in [-0.25, -0.2) is 4.79 Å². The van der Waals surface area contributed by atoms with Crippen LogP contribution in [0.4, 0.5) is 0 Å². The van der Waals surface area contributed by atoms with Crippen LogP contribution in [0.1, 0.15) is 59.3 Å². The molecule has 1 saturated heterocycles. The molecule has 0 spiro atoms. The van der Waals surface area contributed by atoms with E-state index in [-0.39, 0.29) is 18.0 Å². The maximum atomic E-state index is 11.9. The maximum absolute atomic E-state index is 11.9. The molecule has 0 aromatic rings. The van der Waals surface area contributed by atoms with Crippen LogP contribution in [0.15, 0.2) is 35.5 Å². The van der Waals surface area contributed by atoms with E-state index in [4.69, 9.17) is 4.74 Å². The SMILES string of the molecule is C=C1C(=O)O[C@H]2/C=C(\C)CC/C=C(\C)CC[C@H](O)[C@](C)(O)CC[C@@H]12. The van der Waals surface area contributed by atoms with Crippen molar-refractivity contribution in [2.75, 3.05) is 0 Å². The second-order valence-corrected chi connectivity index (χ2v) is 7.55. The fraction of sp³-hybridized carbons (Fsp3) is 0.650. The Hall–Kier alpha value is -1.39. The molecule has 4 nitrogen and oxygen atoms in total. The van der Waals surface area contributed by atoms with Gasteiger partial charge in [0.1, 0.15) is 6.10 Å². The molecule has 0 radical (unpaired) electrons. The minimum absolute atomic E-state index is 0.133. The Morgan fingerprint density at radius 3 is 2.67 bits per heavy atom. The van der Waals surface area contributed by atoms with Crippen LogP contribution in [0.5, 0.6) is 0 Å². The first-order valence-corrected chi connectivity index (χ1v) is 8.84. The van der Waals surface area contributed by atoms with E-state index >= 15 is 0 Å². The van der Waals surface area contributed by atoms with Crippen LogP contribution in [0.25, 0.3) is 0 Å². The summed E-state index contributed by atoms with van der Waals surface area (Å²) in [7, 11) is 0. The van der Waals surface area contributed by atoms with Gasteiger partial charge in [0.05, 0.1) is 11.7 Å². The van der Waals surface area contributed by atoms with Crippen molar-refractivity contribution in [1.29, 1.82) is 0 Å². The minimum Gasteiger partial charge on any atom is -0.454 e. The summed E-state index contributed by atoms with van der Waals surface area (Å²) in [4.78, 5) is 11.9. The number of carbonyl (C=O) groups excluding carboxylic acids is 1. The van der Waals surface area contributed by atoms with Gasteiger partial charge in [-0.05, 0) is 65.4 Å². The van der Waals surface area contributed by atoms with Crippen LogP contribution >= 0.6 is 0 Å². The molecule has 0 aromatic heterocycles. The summed E-state index contributed by atoms with van der Waals surface area (Å²) in [5, 5.41) is 21.0. The molecular weight excluding hydrogens is 304 g/mol. The number of fused-ring (bicyclic) bond motifs is 1. The summed E-state index contributed by atoms with van der Waals surface area (Å²) in [6.45, 7) is 9.65. The van der Waals surface area contributed by atoms with E-state index in [1.807, 2.05) is 6.08 Å². The van der Waals surface area contributed by atoms with Crippen molar-refractivity contribution < 1.29 is 19.7 Å². The van der Waals surface area contributed by atoms with E-state index in [9.17, 15) is 15.0 Å². The van der Waals surface area contributed by atoms with Crippen LogP contribution in [0, 0.1) is 5.92 Å². The summed E-state index contributed by atoms with van der Waals surface area (Å²) in [5.74, 6) is -0.486. The molecule has 0 aromatic carbocycles. The molecule has 2 N–H and O–H groups in total. The van der Waals surface area contributed by atoms with Gasteiger partial charge in [0.2, 0.25) is 0 Å². The average Bonchev–Trinajstić information content (AvgIpc) is 2.76. The van der Waals surface area contributed by atoms with Gasteiger partial charge in [0.15, 0.2) is 0 Å². The van der Waals surface area contributed by atoms with Gasteiger partial charge in [-0.2, -0.15) is 0 Å². The van der Waals surface area contributed by atoms with Crippen LogP contribution in [0.2, 0.25) is 0 Å². The number of allylic oxidation sites excluding steroid dienone is 3. The molecule has 24 heavy (non-hydrogen) atoms. The second kappa shape index (κ2) is 7.66. The number of rotatable bonds is 0. The van der Waals surface area contributed by atoms with Gasteiger partial charge >= 0.3 is 5.97 Å². The summed E-state index contributed by atoms with van der Waals surface area (Å²) in [6.07, 6.45) is 7.23. The Labute approximate surface area is 144 Å². The zero-order valence-electron chi connectivity index (χ0n) is 15.0. The van der Waals surface area contributed by atoms with Gasteiger partial charge in [-0.15, -0.1) is 0 Å². The Bertz CT molecular complexity index is 556. The molecule has 0 amide bonds. The summed E-state index contributed by atoms with van der Waals surface area (Å²) in [5.41, 5.74) is 1.71. The zero-order valence-corrected chi connectivity index (χ0v) is 15.0. The second-order valence-electron chi connectivity index (χ2n) is 7.55.